The third-order valence-electron chi connectivity index (χ3n) is 5.52. The van der Waals surface area contributed by atoms with Gasteiger partial charge in [0.1, 0.15) is 17.6 Å². The Balaban J connectivity index is 1.32. The van der Waals surface area contributed by atoms with Crippen molar-refractivity contribution >= 4 is 5.91 Å². The van der Waals surface area contributed by atoms with Crippen LogP contribution < -0.4 is 10.1 Å². The van der Waals surface area contributed by atoms with Gasteiger partial charge in [-0.1, -0.05) is 17.3 Å². The van der Waals surface area contributed by atoms with E-state index in [1.165, 1.54) is 0 Å². The number of benzene rings is 2. The number of carbonyl (C=O) groups excluding carboxylic acids is 1. The fourth-order valence-electron chi connectivity index (χ4n) is 3.76. The van der Waals surface area contributed by atoms with Crippen LogP contribution in [-0.4, -0.2) is 53.2 Å². The Bertz CT molecular complexity index is 1050. The quantitative estimate of drug-likeness (QED) is 0.520. The lowest BCUT2D eigenvalue weighted by Crippen LogP contribution is -2.46. The van der Waals surface area contributed by atoms with E-state index >= 15 is 0 Å². The number of nitrogens with one attached hydrogen (secondary N) is 1. The monoisotopic (exact) mass is 438 g/mol. The number of aromatic nitrogens is 1. The first-order valence-electron chi connectivity index (χ1n) is 10.5. The molecule has 1 aromatic heterocycles. The fraction of sp³-hybridized carbons (Fsp3) is 0.333. The average Bonchev–Trinajstić information content (AvgIpc) is 3.28. The summed E-state index contributed by atoms with van der Waals surface area (Å²) in [5.41, 5.74) is 1.98. The number of methoxy groups -OCH3 is 1. The average molecular weight is 438 g/mol. The highest BCUT2D eigenvalue weighted by Crippen LogP contribution is 2.26. The maximum Gasteiger partial charge on any atom is 0.251 e. The Kier molecular flexibility index (Phi) is 6.72. The molecule has 32 heavy (non-hydrogen) atoms. The number of carbonyl (C=O) groups is 1. The molecule has 1 amide bonds. The number of amides is 1. The Morgan fingerprint density at radius 2 is 2.00 bits per heavy atom. The lowest BCUT2D eigenvalue weighted by molar-refractivity contribution is -0.114. The molecule has 1 aliphatic rings. The van der Waals surface area contributed by atoms with Gasteiger partial charge in [0.25, 0.3) is 5.91 Å². The van der Waals surface area contributed by atoms with Gasteiger partial charge in [0, 0.05) is 30.2 Å². The van der Waals surface area contributed by atoms with Crippen LogP contribution in [-0.2, 0) is 11.2 Å². The molecule has 3 N–H and O–H groups in total. The third kappa shape index (κ3) is 5.27. The van der Waals surface area contributed by atoms with Gasteiger partial charge in [-0.15, -0.1) is 0 Å². The van der Waals surface area contributed by atoms with E-state index in [2.05, 4.69) is 10.5 Å². The number of phenolic OH excluding ortho intramolecular Hbond substituents is 1. The molecule has 8 nitrogen and oxygen atoms in total. The zero-order valence-electron chi connectivity index (χ0n) is 17.7. The van der Waals surface area contributed by atoms with Crippen molar-refractivity contribution in [1.82, 2.24) is 10.5 Å². The largest absolute Gasteiger partial charge is 0.508 e. The number of aliphatic hydroxyl groups is 1. The van der Waals surface area contributed by atoms with Gasteiger partial charge >= 0.3 is 0 Å². The molecule has 0 aliphatic carbocycles. The molecule has 2 heterocycles. The van der Waals surface area contributed by atoms with Gasteiger partial charge in [-0.05, 0) is 49.2 Å². The molecule has 0 spiro atoms. The van der Waals surface area contributed by atoms with Crippen molar-refractivity contribution in [3.63, 3.8) is 0 Å². The summed E-state index contributed by atoms with van der Waals surface area (Å²) >= 11 is 0. The summed E-state index contributed by atoms with van der Waals surface area (Å²) in [6.07, 6.45) is 0.473. The molecule has 1 fully saturated rings. The number of phenols is 1. The van der Waals surface area contributed by atoms with Crippen LogP contribution in [0, 0.1) is 0 Å². The minimum atomic E-state index is -0.650. The highest BCUT2D eigenvalue weighted by molar-refractivity contribution is 5.94. The van der Waals surface area contributed by atoms with Crippen LogP contribution in [0.2, 0.25) is 0 Å². The minimum absolute atomic E-state index is 0.150. The molecule has 1 saturated heterocycles. The summed E-state index contributed by atoms with van der Waals surface area (Å²) in [5.74, 6) is 1.16. The maximum atomic E-state index is 12.4. The van der Waals surface area contributed by atoms with Crippen molar-refractivity contribution in [3.8, 4) is 22.8 Å². The van der Waals surface area contributed by atoms with E-state index < -0.39 is 12.2 Å². The second-order valence-electron chi connectivity index (χ2n) is 7.82. The Hall–Kier alpha value is -3.36. The summed E-state index contributed by atoms with van der Waals surface area (Å²) in [5, 5.41) is 26.9. The van der Waals surface area contributed by atoms with E-state index in [4.69, 9.17) is 14.0 Å². The van der Waals surface area contributed by atoms with Gasteiger partial charge in [0.2, 0.25) is 0 Å². The molecule has 4 rings (SSSR count). The van der Waals surface area contributed by atoms with Gasteiger partial charge in [-0.25, -0.2) is 0 Å². The first kappa shape index (κ1) is 21.9. The number of hydrogen-bond donors (Lipinski definition) is 3. The van der Waals surface area contributed by atoms with Crippen LogP contribution in [0.3, 0.4) is 0 Å². The normalized spacial score (nSPS) is 20.6. The highest BCUT2D eigenvalue weighted by Gasteiger charge is 2.31. The summed E-state index contributed by atoms with van der Waals surface area (Å²) in [7, 11) is 1.57. The van der Waals surface area contributed by atoms with Crippen LogP contribution in [0.1, 0.15) is 28.9 Å². The molecule has 2 aromatic carbocycles. The smallest absolute Gasteiger partial charge is 0.251 e. The van der Waals surface area contributed by atoms with Crippen LogP contribution in [0.5, 0.6) is 11.5 Å². The minimum Gasteiger partial charge on any atom is -0.508 e. The molecule has 0 bridgehead atoms. The first-order valence-corrected chi connectivity index (χ1v) is 10.5. The predicted octanol–water partition coefficient (Wildman–Crippen LogP) is 2.94. The first-order chi connectivity index (χ1) is 15.5. The van der Waals surface area contributed by atoms with E-state index in [1.54, 1.807) is 49.6 Å². The molecule has 0 unspecified atom stereocenters. The molecule has 8 heteroatoms. The predicted molar refractivity (Wildman–Crippen MR) is 117 cm³/mol. The molecule has 0 saturated carbocycles. The lowest BCUT2D eigenvalue weighted by Gasteiger charge is -2.33. The van der Waals surface area contributed by atoms with Crippen molar-refractivity contribution in [2.24, 2.45) is 0 Å². The van der Waals surface area contributed by atoms with E-state index in [9.17, 15) is 15.0 Å². The van der Waals surface area contributed by atoms with Crippen LogP contribution >= 0.6 is 0 Å². The van der Waals surface area contributed by atoms with Gasteiger partial charge in [-0.2, -0.15) is 0 Å². The molecule has 1 aliphatic heterocycles. The van der Waals surface area contributed by atoms with Crippen molar-refractivity contribution in [3.05, 3.63) is 65.9 Å². The molecule has 3 aromatic rings. The second kappa shape index (κ2) is 9.84. The van der Waals surface area contributed by atoms with Crippen molar-refractivity contribution in [2.75, 3.05) is 13.7 Å². The molecule has 168 valence electrons. The second-order valence-corrected chi connectivity index (χ2v) is 7.82. The SMILES string of the molecule is COc1ccc(C(=O)NC[C@H]2O[C@H](Cc3cc(-c4cccc(O)c4)on3)CC[C@@H]2O)cc1. The fourth-order valence-corrected chi connectivity index (χ4v) is 3.76. The summed E-state index contributed by atoms with van der Waals surface area (Å²) in [4.78, 5) is 12.4. The van der Waals surface area contributed by atoms with Crippen molar-refractivity contribution in [2.45, 2.75) is 37.6 Å². The Morgan fingerprint density at radius 1 is 1.19 bits per heavy atom. The number of aliphatic hydroxyl groups excluding tert-OH is 1. The summed E-state index contributed by atoms with van der Waals surface area (Å²) in [6.45, 7) is 0.204. The zero-order valence-corrected chi connectivity index (χ0v) is 17.7. The number of aromatic hydroxyl groups is 1. The molecular weight excluding hydrogens is 412 g/mol. The van der Waals surface area contributed by atoms with Crippen LogP contribution in [0.25, 0.3) is 11.3 Å². The maximum absolute atomic E-state index is 12.4. The third-order valence-corrected chi connectivity index (χ3v) is 5.52. The summed E-state index contributed by atoms with van der Waals surface area (Å²) < 4.78 is 16.6. The highest BCUT2D eigenvalue weighted by atomic mass is 16.5. The zero-order chi connectivity index (χ0) is 22.5. The van der Waals surface area contributed by atoms with Gasteiger partial charge < -0.3 is 29.5 Å². The van der Waals surface area contributed by atoms with E-state index in [0.717, 1.165) is 11.3 Å². The molecule has 3 atom stereocenters. The number of rotatable bonds is 7. The van der Waals surface area contributed by atoms with Crippen molar-refractivity contribution in [1.29, 1.82) is 0 Å². The number of nitrogens with zero attached hydrogens (tertiary/aromatic N) is 1. The number of hydrogen-bond acceptors (Lipinski definition) is 7. The van der Waals surface area contributed by atoms with Gasteiger partial charge in [0.15, 0.2) is 5.76 Å². The lowest BCUT2D eigenvalue weighted by atomic mass is 9.98. The van der Waals surface area contributed by atoms with Crippen LogP contribution in [0.15, 0.2) is 59.1 Å². The van der Waals surface area contributed by atoms with E-state index in [-0.39, 0.29) is 24.3 Å². The van der Waals surface area contributed by atoms with Gasteiger partial charge in [0.05, 0.1) is 25.0 Å². The van der Waals surface area contributed by atoms with E-state index in [0.29, 0.717) is 36.3 Å². The molecular formula is C24H26N2O6. The van der Waals surface area contributed by atoms with Crippen LogP contribution in [0.4, 0.5) is 0 Å². The van der Waals surface area contributed by atoms with Crippen molar-refractivity contribution < 1.29 is 29.0 Å². The topological polar surface area (TPSA) is 114 Å². The summed E-state index contributed by atoms with van der Waals surface area (Å²) in [6, 6.07) is 15.4. The number of ether oxygens (including phenoxy) is 2. The standard InChI is InChI=1S/C24H26N2O6/c1-30-19-7-5-15(6-8-19)24(29)25-14-23-21(28)10-9-20(31-23)12-17-13-22(32-26-17)16-3-2-4-18(27)11-16/h2-8,11,13,20-21,23,27-28H,9-10,12,14H2,1H3,(H,25,29)/t20-,21-,23+/m0/s1. The molecule has 0 radical (unpaired) electrons. The van der Waals surface area contributed by atoms with Gasteiger partial charge in [-0.3, -0.25) is 4.79 Å². The van der Waals surface area contributed by atoms with E-state index in [1.807, 2.05) is 12.1 Å². The Labute approximate surface area is 185 Å². The Morgan fingerprint density at radius 3 is 2.75 bits per heavy atom.